The van der Waals surface area contributed by atoms with Gasteiger partial charge in [0.2, 0.25) is 0 Å². The van der Waals surface area contributed by atoms with Crippen molar-refractivity contribution in [2.24, 2.45) is 0 Å². The average Bonchev–Trinajstić information content (AvgIpc) is 2.91. The molecule has 0 aliphatic carbocycles. The molecule has 5 aromatic rings. The number of hydrogen-bond acceptors (Lipinski definition) is 3. The maximum absolute atomic E-state index is 13.7. The summed E-state index contributed by atoms with van der Waals surface area (Å²) in [6, 6.07) is 33.6. The molecule has 0 bridgehead atoms. The summed E-state index contributed by atoms with van der Waals surface area (Å²) in [5, 5.41) is 4.05. The summed E-state index contributed by atoms with van der Waals surface area (Å²) in [4.78, 5) is 13.4. The van der Waals surface area contributed by atoms with Gasteiger partial charge in [0.15, 0.2) is 0 Å². The highest BCUT2D eigenvalue weighted by molar-refractivity contribution is 7.86. The second-order valence-electron chi connectivity index (χ2n) is 9.33. The maximum atomic E-state index is 13.7. The Bertz CT molecular complexity index is 1710. The zero-order valence-electron chi connectivity index (χ0n) is 20.9. The number of benzene rings is 5. The van der Waals surface area contributed by atoms with Crippen molar-refractivity contribution in [1.29, 1.82) is 0 Å². The molecule has 0 saturated heterocycles. The first-order valence-corrected chi connectivity index (χ1v) is 13.7. The van der Waals surface area contributed by atoms with Gasteiger partial charge in [-0.25, -0.2) is 0 Å². The van der Waals surface area contributed by atoms with Crippen molar-refractivity contribution in [2.45, 2.75) is 24.7 Å². The summed E-state index contributed by atoms with van der Waals surface area (Å²) in [5.74, 6) is -0.601. The molecule has 5 aromatic carbocycles. The van der Waals surface area contributed by atoms with Crippen LogP contribution < -0.4 is 5.32 Å². The van der Waals surface area contributed by atoms with Crippen LogP contribution >= 0.6 is 0 Å². The third-order valence-corrected chi connectivity index (χ3v) is 7.60. The van der Waals surface area contributed by atoms with Crippen LogP contribution in [-0.4, -0.2) is 18.9 Å². The predicted octanol–water partition coefficient (Wildman–Crippen LogP) is 6.83. The molecule has 0 aliphatic heterocycles. The maximum Gasteiger partial charge on any atom is 0.295 e. The number of anilines is 1. The van der Waals surface area contributed by atoms with E-state index in [9.17, 15) is 17.8 Å². The van der Waals surface area contributed by atoms with Gasteiger partial charge < -0.3 is 5.32 Å². The Labute approximate surface area is 222 Å². The molecule has 0 aliphatic rings. The molecule has 0 unspecified atom stereocenters. The van der Waals surface area contributed by atoms with Gasteiger partial charge in [-0.1, -0.05) is 103 Å². The largest absolute Gasteiger partial charge is 0.322 e. The minimum absolute atomic E-state index is 0.0643. The zero-order valence-corrected chi connectivity index (χ0v) is 21.7. The van der Waals surface area contributed by atoms with Gasteiger partial charge in [0.05, 0.1) is 5.56 Å². The minimum Gasteiger partial charge on any atom is -0.322 e. The van der Waals surface area contributed by atoms with Crippen molar-refractivity contribution in [2.75, 3.05) is 5.32 Å². The highest BCUT2D eigenvalue weighted by atomic mass is 32.2. The van der Waals surface area contributed by atoms with Crippen molar-refractivity contribution in [3.05, 3.63) is 143 Å². The van der Waals surface area contributed by atoms with E-state index in [-0.39, 0.29) is 16.9 Å². The second-order valence-corrected chi connectivity index (χ2v) is 10.7. The van der Waals surface area contributed by atoms with E-state index in [1.165, 1.54) is 0 Å². The molecule has 1 amide bonds. The van der Waals surface area contributed by atoms with Gasteiger partial charge in [-0.3, -0.25) is 9.35 Å². The molecule has 5 rings (SSSR count). The molecule has 0 saturated carbocycles. The van der Waals surface area contributed by atoms with E-state index < -0.39 is 16.0 Å². The topological polar surface area (TPSA) is 83.5 Å². The van der Waals surface area contributed by atoms with Crippen LogP contribution in [0.15, 0.2) is 114 Å². The first kappa shape index (κ1) is 25.4. The number of carbonyl (C=O) groups is 1. The summed E-state index contributed by atoms with van der Waals surface area (Å²) >= 11 is 0. The van der Waals surface area contributed by atoms with Gasteiger partial charge in [0, 0.05) is 5.69 Å². The van der Waals surface area contributed by atoms with E-state index in [0.29, 0.717) is 23.1 Å². The number of para-hydroxylation sites is 1. The van der Waals surface area contributed by atoms with Crippen molar-refractivity contribution in [1.82, 2.24) is 0 Å². The summed E-state index contributed by atoms with van der Waals surface area (Å²) in [6.07, 6.45) is 0.666. The fourth-order valence-electron chi connectivity index (χ4n) is 4.86. The summed E-state index contributed by atoms with van der Waals surface area (Å²) in [7, 11) is -4.80. The number of hydrogen-bond donors (Lipinski definition) is 2. The number of rotatable bonds is 7. The standard InChI is InChI=1S/C32H27NO4S/c1-22-16-18-24(19-17-22)20-28-26-14-8-9-15-27(26)30(32(34)33-25-12-6-3-7-13-25)31(38(35,36)37)29(28)21-23-10-4-2-5-11-23/h2-19H,20-21H2,1H3,(H,33,34)(H,35,36,37). The molecule has 2 N–H and O–H groups in total. The Balaban J connectivity index is 1.82. The average molecular weight is 522 g/mol. The predicted molar refractivity (Wildman–Crippen MR) is 151 cm³/mol. The van der Waals surface area contributed by atoms with Gasteiger partial charge in [0.25, 0.3) is 16.0 Å². The Morgan fingerprint density at radius 3 is 1.84 bits per heavy atom. The summed E-state index contributed by atoms with van der Waals surface area (Å²) in [5.41, 5.74) is 4.62. The quantitative estimate of drug-likeness (QED) is 0.230. The molecular formula is C32H27NO4S. The monoisotopic (exact) mass is 521 g/mol. The minimum atomic E-state index is -4.80. The van der Waals surface area contributed by atoms with E-state index in [1.54, 1.807) is 36.4 Å². The molecule has 0 fully saturated rings. The van der Waals surface area contributed by atoms with Gasteiger partial charge in [-0.15, -0.1) is 0 Å². The fraction of sp³-hybridized carbons (Fsp3) is 0.0938. The summed E-state index contributed by atoms with van der Waals surface area (Å²) in [6.45, 7) is 2.01. The van der Waals surface area contributed by atoms with Crippen LogP contribution in [-0.2, 0) is 23.0 Å². The molecule has 0 spiro atoms. The number of carbonyl (C=O) groups excluding carboxylic acids is 1. The molecule has 38 heavy (non-hydrogen) atoms. The molecule has 0 aromatic heterocycles. The van der Waals surface area contributed by atoms with Gasteiger partial charge in [0.1, 0.15) is 4.90 Å². The second kappa shape index (κ2) is 10.6. The lowest BCUT2D eigenvalue weighted by Crippen LogP contribution is -2.20. The Morgan fingerprint density at radius 1 is 0.684 bits per heavy atom. The van der Waals surface area contributed by atoms with Crippen molar-refractivity contribution < 1.29 is 17.8 Å². The smallest absolute Gasteiger partial charge is 0.295 e. The third kappa shape index (κ3) is 5.37. The Hall–Kier alpha value is -4.26. The van der Waals surface area contributed by atoms with Crippen molar-refractivity contribution in [3.8, 4) is 0 Å². The number of nitrogens with one attached hydrogen (secondary N) is 1. The summed E-state index contributed by atoms with van der Waals surface area (Å²) < 4.78 is 36.8. The van der Waals surface area contributed by atoms with Crippen LogP contribution in [0.1, 0.15) is 38.2 Å². The SMILES string of the molecule is Cc1ccc(Cc2c(Cc3ccccc3)c(S(=O)(=O)O)c(C(=O)Nc3ccccc3)c3ccccc23)cc1. The van der Waals surface area contributed by atoms with E-state index in [4.69, 9.17) is 0 Å². The highest BCUT2D eigenvalue weighted by Gasteiger charge is 2.30. The highest BCUT2D eigenvalue weighted by Crippen LogP contribution is 2.37. The number of aryl methyl sites for hydroxylation is 1. The Morgan fingerprint density at radius 2 is 1.21 bits per heavy atom. The van der Waals surface area contributed by atoms with Crippen LogP contribution in [0.2, 0.25) is 0 Å². The molecule has 0 atom stereocenters. The van der Waals surface area contributed by atoms with Crippen LogP contribution in [0.4, 0.5) is 5.69 Å². The lowest BCUT2D eigenvalue weighted by atomic mass is 9.87. The zero-order chi connectivity index (χ0) is 26.7. The third-order valence-electron chi connectivity index (χ3n) is 6.63. The lowest BCUT2D eigenvalue weighted by molar-refractivity contribution is 0.102. The van der Waals surface area contributed by atoms with E-state index in [2.05, 4.69) is 5.32 Å². The molecule has 190 valence electrons. The van der Waals surface area contributed by atoms with Crippen LogP contribution in [0.5, 0.6) is 0 Å². The first-order chi connectivity index (χ1) is 18.3. The van der Waals surface area contributed by atoms with E-state index >= 15 is 0 Å². The normalized spacial score (nSPS) is 11.4. The van der Waals surface area contributed by atoms with E-state index in [1.807, 2.05) is 79.7 Å². The van der Waals surface area contributed by atoms with E-state index in [0.717, 1.165) is 27.6 Å². The first-order valence-electron chi connectivity index (χ1n) is 12.3. The van der Waals surface area contributed by atoms with Crippen molar-refractivity contribution in [3.63, 3.8) is 0 Å². The molecule has 6 heteroatoms. The number of fused-ring (bicyclic) bond motifs is 1. The lowest BCUT2D eigenvalue weighted by Gasteiger charge is -2.21. The Kier molecular flexibility index (Phi) is 7.09. The van der Waals surface area contributed by atoms with Gasteiger partial charge >= 0.3 is 0 Å². The molecule has 5 nitrogen and oxygen atoms in total. The van der Waals surface area contributed by atoms with Crippen LogP contribution in [0.25, 0.3) is 10.8 Å². The molecule has 0 radical (unpaired) electrons. The van der Waals surface area contributed by atoms with Gasteiger partial charge in [-0.05, 0) is 64.9 Å². The van der Waals surface area contributed by atoms with Crippen LogP contribution in [0, 0.1) is 6.92 Å². The van der Waals surface area contributed by atoms with Gasteiger partial charge in [-0.2, -0.15) is 8.42 Å². The van der Waals surface area contributed by atoms with Crippen molar-refractivity contribution >= 4 is 32.5 Å². The molecule has 0 heterocycles. The number of amides is 1. The fourth-order valence-corrected chi connectivity index (χ4v) is 5.83. The molecular weight excluding hydrogens is 494 g/mol. The van der Waals surface area contributed by atoms with Crippen LogP contribution in [0.3, 0.4) is 0 Å².